The fraction of sp³-hybridized carbons (Fsp3) is 0.421. The van der Waals surface area contributed by atoms with E-state index in [0.717, 1.165) is 19.4 Å². The third kappa shape index (κ3) is 4.79. The Morgan fingerprint density at radius 1 is 1.12 bits per heavy atom. The van der Waals surface area contributed by atoms with E-state index in [4.69, 9.17) is 12.2 Å². The minimum absolute atomic E-state index is 0.400. The molecular formula is C19H28N3S2+. The molecule has 2 aromatic rings. The van der Waals surface area contributed by atoms with Crippen LogP contribution in [0, 0.1) is 0 Å². The number of quaternary nitrogens is 1. The van der Waals surface area contributed by atoms with Crippen LogP contribution in [0.4, 0.5) is 5.69 Å². The maximum absolute atomic E-state index is 5.56. The highest BCUT2D eigenvalue weighted by Gasteiger charge is 2.19. The van der Waals surface area contributed by atoms with Crippen molar-refractivity contribution in [2.24, 2.45) is 0 Å². The summed E-state index contributed by atoms with van der Waals surface area (Å²) < 4.78 is 0. The maximum atomic E-state index is 5.56. The highest BCUT2D eigenvalue weighted by Crippen LogP contribution is 2.22. The molecule has 1 atom stereocenters. The number of benzene rings is 1. The van der Waals surface area contributed by atoms with Gasteiger partial charge in [0.15, 0.2) is 5.11 Å². The van der Waals surface area contributed by atoms with Gasteiger partial charge < -0.3 is 15.5 Å². The van der Waals surface area contributed by atoms with Gasteiger partial charge in [-0.25, -0.2) is 0 Å². The van der Waals surface area contributed by atoms with Crippen molar-refractivity contribution >= 4 is 34.4 Å². The molecule has 0 aliphatic carbocycles. The molecule has 1 heterocycles. The number of nitrogens with one attached hydrogen (secondary N) is 3. The van der Waals surface area contributed by atoms with E-state index in [1.54, 1.807) is 11.3 Å². The van der Waals surface area contributed by atoms with E-state index in [-0.39, 0.29) is 0 Å². The van der Waals surface area contributed by atoms with Gasteiger partial charge in [0.05, 0.1) is 25.5 Å². The summed E-state index contributed by atoms with van der Waals surface area (Å²) in [6.45, 7) is 5.18. The fourth-order valence-electron chi connectivity index (χ4n) is 2.83. The second-order valence-electron chi connectivity index (χ2n) is 6.14. The molecule has 3 nitrogen and oxygen atoms in total. The van der Waals surface area contributed by atoms with Crippen LogP contribution in [0.25, 0.3) is 0 Å². The van der Waals surface area contributed by atoms with Crippen molar-refractivity contribution < 1.29 is 4.90 Å². The van der Waals surface area contributed by atoms with Gasteiger partial charge in [-0.15, -0.1) is 11.3 Å². The fourth-order valence-corrected chi connectivity index (χ4v) is 3.97. The molecule has 3 N–H and O–H groups in total. The van der Waals surface area contributed by atoms with E-state index in [2.05, 4.69) is 74.3 Å². The Bertz CT molecular complexity index is 628. The first-order valence-electron chi connectivity index (χ1n) is 8.55. The predicted octanol–water partition coefficient (Wildman–Crippen LogP) is 3.05. The van der Waals surface area contributed by atoms with Crippen molar-refractivity contribution in [3.8, 4) is 0 Å². The van der Waals surface area contributed by atoms with Crippen molar-refractivity contribution in [3.05, 3.63) is 51.7 Å². The topological polar surface area (TPSA) is 28.5 Å². The largest absolute Gasteiger partial charge is 0.356 e. The Balaban J connectivity index is 2.03. The molecule has 0 fully saturated rings. The van der Waals surface area contributed by atoms with Crippen LogP contribution in [-0.4, -0.2) is 25.8 Å². The number of anilines is 1. The quantitative estimate of drug-likeness (QED) is 0.661. The summed E-state index contributed by atoms with van der Waals surface area (Å²) in [6, 6.07) is 11.2. The zero-order chi connectivity index (χ0) is 17.5. The first-order valence-corrected chi connectivity index (χ1v) is 9.84. The summed E-state index contributed by atoms with van der Waals surface area (Å²) in [5.41, 5.74) is 3.79. The Hall–Kier alpha value is -1.43. The molecule has 0 radical (unpaired) electrons. The van der Waals surface area contributed by atoms with Gasteiger partial charge in [0.1, 0.15) is 6.04 Å². The summed E-state index contributed by atoms with van der Waals surface area (Å²) in [4.78, 5) is 2.78. The van der Waals surface area contributed by atoms with E-state index >= 15 is 0 Å². The lowest BCUT2D eigenvalue weighted by atomic mass is 10.0. The van der Waals surface area contributed by atoms with Gasteiger partial charge in [-0.3, -0.25) is 0 Å². The normalized spacial score (nSPS) is 12.2. The molecule has 0 amide bonds. The monoisotopic (exact) mass is 362 g/mol. The van der Waals surface area contributed by atoms with Gasteiger partial charge in [0, 0.05) is 5.69 Å². The number of thiophene rings is 1. The third-order valence-corrected chi connectivity index (χ3v) is 5.52. The lowest BCUT2D eigenvalue weighted by molar-refractivity contribution is -0.890. The van der Waals surface area contributed by atoms with Crippen LogP contribution in [0.2, 0.25) is 0 Å². The predicted molar refractivity (Wildman–Crippen MR) is 109 cm³/mol. The molecule has 1 aromatic heterocycles. The average molecular weight is 363 g/mol. The zero-order valence-corrected chi connectivity index (χ0v) is 16.6. The second kappa shape index (κ2) is 9.16. The lowest BCUT2D eigenvalue weighted by Gasteiger charge is -2.22. The molecule has 5 heteroatoms. The van der Waals surface area contributed by atoms with Crippen LogP contribution in [0.3, 0.4) is 0 Å². The van der Waals surface area contributed by atoms with Crippen LogP contribution in [0.5, 0.6) is 0 Å². The van der Waals surface area contributed by atoms with E-state index in [1.165, 1.54) is 26.6 Å². The van der Waals surface area contributed by atoms with E-state index in [0.29, 0.717) is 11.2 Å². The van der Waals surface area contributed by atoms with Gasteiger partial charge >= 0.3 is 0 Å². The first-order chi connectivity index (χ1) is 11.6. The number of thiocarbonyl (C=S) groups is 1. The smallest absolute Gasteiger partial charge is 0.171 e. The van der Waals surface area contributed by atoms with Gasteiger partial charge in [-0.2, -0.15) is 0 Å². The lowest BCUT2D eigenvalue weighted by Crippen LogP contribution is -3.06. The number of hydrogen-bond donors (Lipinski definition) is 3. The molecule has 0 bridgehead atoms. The van der Waals surface area contributed by atoms with Crippen molar-refractivity contribution in [1.29, 1.82) is 0 Å². The summed E-state index contributed by atoms with van der Waals surface area (Å²) in [5.74, 6) is 0. The Morgan fingerprint density at radius 2 is 1.79 bits per heavy atom. The molecule has 1 aromatic carbocycles. The van der Waals surface area contributed by atoms with Crippen molar-refractivity contribution in [1.82, 2.24) is 5.32 Å². The number of rotatable bonds is 7. The average Bonchev–Trinajstić information content (AvgIpc) is 3.09. The summed E-state index contributed by atoms with van der Waals surface area (Å²) in [6.07, 6.45) is 2.00. The number of para-hydroxylation sites is 1. The van der Waals surface area contributed by atoms with Crippen molar-refractivity contribution in [2.45, 2.75) is 32.7 Å². The van der Waals surface area contributed by atoms with Crippen LogP contribution >= 0.6 is 23.6 Å². The highest BCUT2D eigenvalue weighted by molar-refractivity contribution is 7.80. The molecule has 0 aliphatic heterocycles. The van der Waals surface area contributed by atoms with Gasteiger partial charge in [-0.05, 0) is 47.6 Å². The van der Waals surface area contributed by atoms with Gasteiger partial charge in [0.2, 0.25) is 0 Å². The molecule has 0 unspecified atom stereocenters. The summed E-state index contributed by atoms with van der Waals surface area (Å²) in [5, 5.41) is 9.68. The molecule has 0 spiro atoms. The summed E-state index contributed by atoms with van der Waals surface area (Å²) in [7, 11) is 4.37. The van der Waals surface area contributed by atoms with Crippen LogP contribution in [0.15, 0.2) is 35.7 Å². The minimum Gasteiger partial charge on any atom is -0.356 e. The molecular weight excluding hydrogens is 334 g/mol. The van der Waals surface area contributed by atoms with Crippen LogP contribution in [-0.2, 0) is 12.8 Å². The van der Waals surface area contributed by atoms with E-state index in [1.807, 2.05) is 0 Å². The molecule has 2 rings (SSSR count). The zero-order valence-electron chi connectivity index (χ0n) is 15.0. The molecule has 24 heavy (non-hydrogen) atoms. The molecule has 0 saturated carbocycles. The summed E-state index contributed by atoms with van der Waals surface area (Å²) >= 11 is 7.36. The first kappa shape index (κ1) is 18.9. The minimum atomic E-state index is 0.400. The Labute approximate surface area is 155 Å². The molecule has 0 aliphatic rings. The van der Waals surface area contributed by atoms with Crippen LogP contribution < -0.4 is 15.5 Å². The third-order valence-electron chi connectivity index (χ3n) is 4.29. The Kier molecular flexibility index (Phi) is 7.21. The maximum Gasteiger partial charge on any atom is 0.171 e. The van der Waals surface area contributed by atoms with Gasteiger partial charge in [-0.1, -0.05) is 38.1 Å². The standard InChI is InChI=1S/C19H27N3S2/c1-5-14-9-7-10-15(6-2)18(14)21-19(23)20-13-16(22(3)4)17-11-8-12-24-17/h7-12,16H,5-6,13H2,1-4H3,(H2,20,21,23)/p+1/t16-/m0/s1. The Morgan fingerprint density at radius 3 is 2.29 bits per heavy atom. The number of hydrogen-bond acceptors (Lipinski definition) is 2. The van der Waals surface area contributed by atoms with Gasteiger partial charge in [0.25, 0.3) is 0 Å². The van der Waals surface area contributed by atoms with E-state index in [9.17, 15) is 0 Å². The highest BCUT2D eigenvalue weighted by atomic mass is 32.1. The van der Waals surface area contributed by atoms with Crippen molar-refractivity contribution in [3.63, 3.8) is 0 Å². The number of likely N-dealkylation sites (N-methyl/N-ethyl adjacent to an activating group) is 1. The van der Waals surface area contributed by atoms with Crippen LogP contribution in [0.1, 0.15) is 35.9 Å². The SMILES string of the molecule is CCc1cccc(CC)c1NC(=S)NC[C@@H](c1cccs1)[NH+](C)C. The molecule has 0 saturated heterocycles. The second-order valence-corrected chi connectivity index (χ2v) is 7.53. The molecule has 130 valence electrons. The van der Waals surface area contributed by atoms with Crippen molar-refractivity contribution in [2.75, 3.05) is 26.0 Å². The van der Waals surface area contributed by atoms with E-state index < -0.39 is 0 Å². The number of aryl methyl sites for hydroxylation is 2.